The summed E-state index contributed by atoms with van der Waals surface area (Å²) in [4.78, 5) is 9.42. The van der Waals surface area contributed by atoms with Crippen LogP contribution < -0.4 is 4.90 Å². The number of nitrogens with zero attached hydrogens (tertiary/aromatic N) is 5. The van der Waals surface area contributed by atoms with Crippen molar-refractivity contribution in [3.63, 3.8) is 0 Å². The number of aromatic nitrogens is 3. The predicted octanol–water partition coefficient (Wildman–Crippen LogP) is 3.30. The lowest BCUT2D eigenvalue weighted by molar-refractivity contribution is 0.311. The van der Waals surface area contributed by atoms with E-state index in [-0.39, 0.29) is 0 Å². The molecule has 1 saturated heterocycles. The third kappa shape index (κ3) is 2.44. The molecule has 0 spiro atoms. The zero-order valence-electron chi connectivity index (χ0n) is 14.8. The van der Waals surface area contributed by atoms with Gasteiger partial charge in [-0.05, 0) is 29.4 Å². The van der Waals surface area contributed by atoms with Gasteiger partial charge in [0.2, 0.25) is 0 Å². The zero-order valence-corrected chi connectivity index (χ0v) is 14.8. The first-order valence-corrected chi connectivity index (χ1v) is 9.06. The van der Waals surface area contributed by atoms with Gasteiger partial charge in [0.1, 0.15) is 5.82 Å². The fourth-order valence-electron chi connectivity index (χ4n) is 3.80. The Morgan fingerprint density at radius 1 is 0.846 bits per heavy atom. The van der Waals surface area contributed by atoms with Gasteiger partial charge < -0.3 is 9.80 Å². The Morgan fingerprint density at radius 3 is 2.54 bits per heavy atom. The summed E-state index contributed by atoms with van der Waals surface area (Å²) in [5.74, 6) is 1.12. The molecule has 2 aromatic heterocycles. The van der Waals surface area contributed by atoms with Crippen molar-refractivity contribution in [1.82, 2.24) is 19.5 Å². The molecule has 26 heavy (non-hydrogen) atoms. The van der Waals surface area contributed by atoms with Gasteiger partial charge in [0.25, 0.3) is 0 Å². The lowest BCUT2D eigenvalue weighted by Crippen LogP contribution is -2.45. The van der Waals surface area contributed by atoms with E-state index in [1.165, 1.54) is 16.3 Å². The lowest BCUT2D eigenvalue weighted by Gasteiger charge is -2.33. The number of hydrogen-bond donors (Lipinski definition) is 0. The SMILES string of the molecule is CN1CCN(c2ccnc3c(-c4cccc5ccccc45)cnn23)CC1. The Morgan fingerprint density at radius 2 is 1.65 bits per heavy atom. The van der Waals surface area contributed by atoms with Crippen LogP contribution in [-0.2, 0) is 0 Å². The number of benzene rings is 2. The lowest BCUT2D eigenvalue weighted by atomic mass is 10.0. The third-order valence-electron chi connectivity index (χ3n) is 5.29. The van der Waals surface area contributed by atoms with E-state index in [1.807, 2.05) is 16.9 Å². The topological polar surface area (TPSA) is 36.7 Å². The summed E-state index contributed by atoms with van der Waals surface area (Å²) < 4.78 is 1.99. The highest BCUT2D eigenvalue weighted by molar-refractivity contribution is 5.99. The van der Waals surface area contributed by atoms with Crippen LogP contribution in [0.2, 0.25) is 0 Å². The second-order valence-corrected chi connectivity index (χ2v) is 6.91. The Labute approximate surface area is 152 Å². The molecule has 0 saturated carbocycles. The van der Waals surface area contributed by atoms with Gasteiger partial charge in [-0.2, -0.15) is 9.61 Å². The highest BCUT2D eigenvalue weighted by Crippen LogP contribution is 2.32. The molecule has 0 unspecified atom stereocenters. The molecule has 3 heterocycles. The summed E-state index contributed by atoms with van der Waals surface area (Å²) in [6.45, 7) is 4.17. The van der Waals surface area contributed by atoms with E-state index in [4.69, 9.17) is 5.10 Å². The molecule has 0 radical (unpaired) electrons. The van der Waals surface area contributed by atoms with E-state index in [0.29, 0.717) is 0 Å². The van der Waals surface area contributed by atoms with Gasteiger partial charge in [-0.1, -0.05) is 42.5 Å². The summed E-state index contributed by atoms with van der Waals surface area (Å²) in [5.41, 5.74) is 3.18. The van der Waals surface area contributed by atoms with Crippen LogP contribution in [0.25, 0.3) is 27.5 Å². The van der Waals surface area contributed by atoms with Crippen molar-refractivity contribution in [2.24, 2.45) is 0 Å². The molecule has 130 valence electrons. The third-order valence-corrected chi connectivity index (χ3v) is 5.29. The van der Waals surface area contributed by atoms with Crippen LogP contribution in [0.1, 0.15) is 0 Å². The van der Waals surface area contributed by atoms with Gasteiger partial charge in [-0.15, -0.1) is 0 Å². The van der Waals surface area contributed by atoms with Gasteiger partial charge in [0.15, 0.2) is 5.65 Å². The normalized spacial score (nSPS) is 15.8. The Hall–Kier alpha value is -2.92. The van der Waals surface area contributed by atoms with Crippen LogP contribution in [0.15, 0.2) is 60.9 Å². The Bertz CT molecular complexity index is 1070. The molecule has 0 amide bonds. The van der Waals surface area contributed by atoms with E-state index >= 15 is 0 Å². The smallest absolute Gasteiger partial charge is 0.165 e. The van der Waals surface area contributed by atoms with E-state index < -0.39 is 0 Å². The van der Waals surface area contributed by atoms with Crippen molar-refractivity contribution in [2.75, 3.05) is 38.1 Å². The Kier molecular flexibility index (Phi) is 3.60. The number of fused-ring (bicyclic) bond motifs is 2. The summed E-state index contributed by atoms with van der Waals surface area (Å²) in [6.07, 6.45) is 3.85. The van der Waals surface area contributed by atoms with Gasteiger partial charge in [0.05, 0.1) is 6.20 Å². The molecule has 1 fully saturated rings. The highest BCUT2D eigenvalue weighted by Gasteiger charge is 2.19. The fraction of sp³-hybridized carbons (Fsp3) is 0.238. The van der Waals surface area contributed by atoms with Crippen LogP contribution in [-0.4, -0.2) is 52.7 Å². The monoisotopic (exact) mass is 343 g/mol. The van der Waals surface area contributed by atoms with Gasteiger partial charge in [-0.25, -0.2) is 4.98 Å². The summed E-state index contributed by atoms with van der Waals surface area (Å²) in [7, 11) is 2.17. The molecule has 0 N–H and O–H groups in total. The van der Waals surface area contributed by atoms with E-state index in [2.05, 4.69) is 70.4 Å². The molecule has 1 aliphatic heterocycles. The molecule has 5 nitrogen and oxygen atoms in total. The van der Waals surface area contributed by atoms with Crippen molar-refractivity contribution in [3.8, 4) is 11.1 Å². The van der Waals surface area contributed by atoms with Crippen LogP contribution in [0.3, 0.4) is 0 Å². The number of anilines is 1. The maximum atomic E-state index is 4.69. The van der Waals surface area contributed by atoms with Gasteiger partial charge >= 0.3 is 0 Å². The average molecular weight is 343 g/mol. The van der Waals surface area contributed by atoms with Crippen LogP contribution in [0, 0.1) is 0 Å². The molecule has 0 atom stereocenters. The highest BCUT2D eigenvalue weighted by atomic mass is 15.4. The van der Waals surface area contributed by atoms with Crippen molar-refractivity contribution in [3.05, 3.63) is 60.9 Å². The zero-order chi connectivity index (χ0) is 17.5. The van der Waals surface area contributed by atoms with E-state index in [0.717, 1.165) is 43.2 Å². The van der Waals surface area contributed by atoms with Crippen LogP contribution in [0.4, 0.5) is 5.82 Å². The molecule has 5 heteroatoms. The molecule has 1 aliphatic rings. The first-order chi connectivity index (χ1) is 12.8. The number of piperazine rings is 1. The molecule has 2 aromatic carbocycles. The minimum atomic E-state index is 0.915. The largest absolute Gasteiger partial charge is 0.354 e. The van der Waals surface area contributed by atoms with Crippen molar-refractivity contribution >= 4 is 22.2 Å². The molecular formula is C21H21N5. The minimum absolute atomic E-state index is 0.915. The number of hydrogen-bond acceptors (Lipinski definition) is 4. The molecule has 5 rings (SSSR count). The second-order valence-electron chi connectivity index (χ2n) is 6.91. The minimum Gasteiger partial charge on any atom is -0.354 e. The van der Waals surface area contributed by atoms with Crippen LogP contribution >= 0.6 is 0 Å². The summed E-state index contributed by atoms with van der Waals surface area (Å²) in [5, 5.41) is 7.16. The van der Waals surface area contributed by atoms with E-state index in [9.17, 15) is 0 Å². The first-order valence-electron chi connectivity index (χ1n) is 9.06. The van der Waals surface area contributed by atoms with Crippen molar-refractivity contribution in [2.45, 2.75) is 0 Å². The van der Waals surface area contributed by atoms with Gasteiger partial charge in [-0.3, -0.25) is 0 Å². The Balaban J connectivity index is 1.65. The molecule has 0 bridgehead atoms. The quantitative estimate of drug-likeness (QED) is 0.560. The maximum absolute atomic E-state index is 4.69. The van der Waals surface area contributed by atoms with Crippen molar-refractivity contribution in [1.29, 1.82) is 0 Å². The molecule has 0 aliphatic carbocycles. The molecule has 4 aromatic rings. The fourth-order valence-corrected chi connectivity index (χ4v) is 3.80. The van der Waals surface area contributed by atoms with Crippen molar-refractivity contribution < 1.29 is 0 Å². The average Bonchev–Trinajstić information content (AvgIpc) is 3.12. The predicted molar refractivity (Wildman–Crippen MR) is 106 cm³/mol. The van der Waals surface area contributed by atoms with Gasteiger partial charge in [0, 0.05) is 37.9 Å². The number of rotatable bonds is 2. The van der Waals surface area contributed by atoms with E-state index in [1.54, 1.807) is 0 Å². The first kappa shape index (κ1) is 15.3. The van der Waals surface area contributed by atoms with Crippen LogP contribution in [0.5, 0.6) is 0 Å². The maximum Gasteiger partial charge on any atom is 0.165 e. The standard InChI is InChI=1S/C21H21N5/c1-24-11-13-25(14-12-24)20-9-10-22-21-19(15-23-26(20)21)18-8-4-6-16-5-2-3-7-17(16)18/h2-10,15H,11-14H2,1H3. The summed E-state index contributed by atoms with van der Waals surface area (Å²) >= 11 is 0. The molecular weight excluding hydrogens is 322 g/mol. The number of likely N-dealkylation sites (N-methyl/N-ethyl adjacent to an activating group) is 1. The summed E-state index contributed by atoms with van der Waals surface area (Å²) in [6, 6.07) is 16.9. The second kappa shape index (κ2) is 6.11.